The third-order valence-electron chi connectivity index (χ3n) is 4.77. The van der Waals surface area contributed by atoms with E-state index >= 15 is 0 Å². The Bertz CT molecular complexity index is 418. The molecule has 1 saturated carbocycles. The second-order valence-electron chi connectivity index (χ2n) is 6.28. The molecule has 0 radical (unpaired) electrons. The summed E-state index contributed by atoms with van der Waals surface area (Å²) in [6.07, 6.45) is 6.65. The first-order chi connectivity index (χ1) is 10.3. The van der Waals surface area contributed by atoms with Crippen LogP contribution < -0.4 is 10.1 Å². The van der Waals surface area contributed by atoms with Gasteiger partial charge in [-0.05, 0) is 62.3 Å². The predicted octanol–water partition coefficient (Wildman–Crippen LogP) is 4.95. The molecule has 0 heterocycles. The quantitative estimate of drug-likeness (QED) is 0.731. The van der Waals surface area contributed by atoms with Crippen LogP contribution in [0, 0.1) is 11.8 Å². The first-order valence-corrected chi connectivity index (χ1v) is 8.74. The summed E-state index contributed by atoms with van der Waals surface area (Å²) in [7, 11) is 0. The second kappa shape index (κ2) is 8.43. The lowest BCUT2D eigenvalue weighted by molar-refractivity contribution is 0.333. The van der Waals surface area contributed by atoms with Crippen LogP contribution in [0.2, 0.25) is 0 Å². The molecule has 1 aliphatic carbocycles. The molecule has 21 heavy (non-hydrogen) atoms. The van der Waals surface area contributed by atoms with Gasteiger partial charge in [-0.3, -0.25) is 0 Å². The van der Waals surface area contributed by atoms with E-state index in [2.05, 4.69) is 43.4 Å². The molecular formula is C19H31NO. The second-order valence-corrected chi connectivity index (χ2v) is 6.28. The van der Waals surface area contributed by atoms with E-state index in [0.29, 0.717) is 6.04 Å². The molecule has 0 spiro atoms. The minimum atomic E-state index is 0.488. The molecule has 1 fully saturated rings. The van der Waals surface area contributed by atoms with Crippen LogP contribution in [0.25, 0.3) is 0 Å². The van der Waals surface area contributed by atoms with Crippen LogP contribution in [0.3, 0.4) is 0 Å². The molecule has 1 aromatic rings. The highest BCUT2D eigenvalue weighted by Gasteiger charge is 2.30. The minimum Gasteiger partial charge on any atom is -0.494 e. The van der Waals surface area contributed by atoms with E-state index < -0.39 is 0 Å². The summed E-state index contributed by atoms with van der Waals surface area (Å²) in [4.78, 5) is 0. The highest BCUT2D eigenvalue weighted by molar-refractivity contribution is 5.31. The summed E-state index contributed by atoms with van der Waals surface area (Å²) in [5.41, 5.74) is 1.40. The van der Waals surface area contributed by atoms with Crippen molar-refractivity contribution in [3.63, 3.8) is 0 Å². The average Bonchev–Trinajstić information content (AvgIpc) is 2.97. The Morgan fingerprint density at radius 3 is 2.76 bits per heavy atom. The van der Waals surface area contributed by atoms with Crippen LogP contribution in [-0.2, 0) is 0 Å². The SMILES string of the molecule is CCCNC(c1cccc(OCC)c1)C1CCC(CC)C1. The van der Waals surface area contributed by atoms with Gasteiger partial charge in [0.2, 0.25) is 0 Å². The maximum absolute atomic E-state index is 5.68. The molecule has 2 nitrogen and oxygen atoms in total. The molecule has 0 bridgehead atoms. The molecule has 1 aliphatic rings. The fourth-order valence-corrected chi connectivity index (χ4v) is 3.61. The Morgan fingerprint density at radius 1 is 1.24 bits per heavy atom. The first kappa shape index (κ1) is 16.4. The topological polar surface area (TPSA) is 21.3 Å². The zero-order chi connectivity index (χ0) is 15.1. The maximum atomic E-state index is 5.68. The van der Waals surface area contributed by atoms with Crippen molar-refractivity contribution in [1.29, 1.82) is 0 Å². The average molecular weight is 289 g/mol. The van der Waals surface area contributed by atoms with Crippen LogP contribution in [0.5, 0.6) is 5.75 Å². The standard InChI is InChI=1S/C19H31NO/c1-4-12-20-19(17-11-10-15(5-2)13-17)16-8-7-9-18(14-16)21-6-3/h7-9,14-15,17,19-20H,4-6,10-13H2,1-3H3. The summed E-state index contributed by atoms with van der Waals surface area (Å²) >= 11 is 0. The lowest BCUT2D eigenvalue weighted by Gasteiger charge is -2.26. The largest absolute Gasteiger partial charge is 0.494 e. The van der Waals surface area contributed by atoms with Crippen molar-refractivity contribution in [2.75, 3.05) is 13.2 Å². The van der Waals surface area contributed by atoms with Gasteiger partial charge in [0.25, 0.3) is 0 Å². The molecule has 0 aromatic heterocycles. The van der Waals surface area contributed by atoms with Crippen LogP contribution in [0.1, 0.15) is 64.5 Å². The molecule has 0 amide bonds. The van der Waals surface area contributed by atoms with Gasteiger partial charge in [0, 0.05) is 6.04 Å². The van der Waals surface area contributed by atoms with Crippen molar-refractivity contribution in [3.8, 4) is 5.75 Å². The van der Waals surface area contributed by atoms with Crippen LogP contribution in [-0.4, -0.2) is 13.2 Å². The lowest BCUT2D eigenvalue weighted by Crippen LogP contribution is -2.28. The Balaban J connectivity index is 2.13. The normalized spacial score (nSPS) is 23.2. The van der Waals surface area contributed by atoms with Crippen molar-refractivity contribution in [2.45, 2.75) is 58.9 Å². The van der Waals surface area contributed by atoms with E-state index in [0.717, 1.165) is 30.7 Å². The smallest absolute Gasteiger partial charge is 0.119 e. The number of rotatable bonds is 8. The summed E-state index contributed by atoms with van der Waals surface area (Å²) in [6, 6.07) is 9.17. The van der Waals surface area contributed by atoms with E-state index in [-0.39, 0.29) is 0 Å². The lowest BCUT2D eigenvalue weighted by atomic mass is 9.90. The van der Waals surface area contributed by atoms with Gasteiger partial charge in [-0.1, -0.05) is 38.8 Å². The maximum Gasteiger partial charge on any atom is 0.119 e. The Hall–Kier alpha value is -1.02. The zero-order valence-corrected chi connectivity index (χ0v) is 13.9. The summed E-state index contributed by atoms with van der Waals surface area (Å²) in [5, 5.41) is 3.79. The van der Waals surface area contributed by atoms with Crippen LogP contribution in [0.15, 0.2) is 24.3 Å². The van der Waals surface area contributed by atoms with E-state index in [4.69, 9.17) is 4.74 Å². The monoisotopic (exact) mass is 289 g/mol. The highest BCUT2D eigenvalue weighted by Crippen LogP contribution is 2.40. The molecule has 3 unspecified atom stereocenters. The van der Waals surface area contributed by atoms with Gasteiger partial charge >= 0.3 is 0 Å². The Kier molecular flexibility index (Phi) is 6.56. The van der Waals surface area contributed by atoms with Gasteiger partial charge in [-0.2, -0.15) is 0 Å². The fraction of sp³-hybridized carbons (Fsp3) is 0.684. The van der Waals surface area contributed by atoms with Crippen molar-refractivity contribution < 1.29 is 4.74 Å². The van der Waals surface area contributed by atoms with Gasteiger partial charge in [-0.25, -0.2) is 0 Å². The Labute approximate surface area is 130 Å². The number of hydrogen-bond donors (Lipinski definition) is 1. The van der Waals surface area contributed by atoms with Crippen LogP contribution in [0.4, 0.5) is 0 Å². The van der Waals surface area contributed by atoms with Gasteiger partial charge in [0.15, 0.2) is 0 Å². The molecule has 2 rings (SSSR count). The van der Waals surface area contributed by atoms with E-state index in [1.807, 2.05) is 6.92 Å². The molecule has 0 aliphatic heterocycles. The molecule has 3 atom stereocenters. The molecular weight excluding hydrogens is 258 g/mol. The van der Waals surface area contributed by atoms with Crippen molar-refractivity contribution in [2.24, 2.45) is 11.8 Å². The molecule has 2 heteroatoms. The molecule has 1 aromatic carbocycles. The van der Waals surface area contributed by atoms with Crippen molar-refractivity contribution in [3.05, 3.63) is 29.8 Å². The van der Waals surface area contributed by atoms with E-state index in [1.54, 1.807) is 0 Å². The predicted molar refractivity (Wildman–Crippen MR) is 89.8 cm³/mol. The number of benzene rings is 1. The van der Waals surface area contributed by atoms with E-state index in [9.17, 15) is 0 Å². The van der Waals surface area contributed by atoms with Crippen molar-refractivity contribution in [1.82, 2.24) is 5.32 Å². The van der Waals surface area contributed by atoms with Crippen LogP contribution >= 0.6 is 0 Å². The summed E-state index contributed by atoms with van der Waals surface area (Å²) in [6.45, 7) is 8.44. The first-order valence-electron chi connectivity index (χ1n) is 8.74. The van der Waals surface area contributed by atoms with Gasteiger partial charge < -0.3 is 10.1 Å². The molecule has 118 valence electrons. The molecule has 1 N–H and O–H groups in total. The van der Waals surface area contributed by atoms with Gasteiger partial charge in [0.05, 0.1) is 6.61 Å². The fourth-order valence-electron chi connectivity index (χ4n) is 3.61. The minimum absolute atomic E-state index is 0.488. The van der Waals surface area contributed by atoms with Gasteiger partial charge in [-0.15, -0.1) is 0 Å². The Morgan fingerprint density at radius 2 is 2.10 bits per heavy atom. The van der Waals surface area contributed by atoms with E-state index in [1.165, 1.54) is 37.7 Å². The van der Waals surface area contributed by atoms with Crippen molar-refractivity contribution >= 4 is 0 Å². The summed E-state index contributed by atoms with van der Waals surface area (Å²) in [5.74, 6) is 2.71. The number of nitrogens with one attached hydrogen (secondary N) is 1. The van der Waals surface area contributed by atoms with Gasteiger partial charge in [0.1, 0.15) is 5.75 Å². The molecule has 0 saturated heterocycles. The summed E-state index contributed by atoms with van der Waals surface area (Å²) < 4.78 is 5.68. The zero-order valence-electron chi connectivity index (χ0n) is 13.9. The number of ether oxygens (including phenoxy) is 1. The third kappa shape index (κ3) is 4.47. The highest BCUT2D eigenvalue weighted by atomic mass is 16.5. The number of hydrogen-bond acceptors (Lipinski definition) is 2. The third-order valence-corrected chi connectivity index (χ3v) is 4.77.